The average molecular weight is 446 g/mol. The molecule has 0 aromatic heterocycles. The van der Waals surface area contributed by atoms with E-state index in [1.165, 1.54) is 0 Å². The zero-order chi connectivity index (χ0) is 22.1. The Bertz CT molecular complexity index is 833. The number of thioether (sulfide) groups is 2. The summed E-state index contributed by atoms with van der Waals surface area (Å²) in [5.74, 6) is -1.79. The first kappa shape index (κ1) is 23.7. The molecule has 2 aromatic carbocycles. The normalized spacial score (nSPS) is 11.9. The van der Waals surface area contributed by atoms with E-state index in [-0.39, 0.29) is 22.6 Å². The van der Waals surface area contributed by atoms with Crippen molar-refractivity contribution in [1.29, 1.82) is 0 Å². The topological polar surface area (TPSA) is 101 Å². The lowest BCUT2D eigenvalue weighted by Crippen LogP contribution is -2.45. The molecule has 0 saturated heterocycles. The average Bonchev–Trinajstić information content (AvgIpc) is 2.73. The van der Waals surface area contributed by atoms with Crippen LogP contribution < -0.4 is 5.32 Å². The summed E-state index contributed by atoms with van der Waals surface area (Å²) in [4.78, 5) is 49.6. The lowest BCUT2D eigenvalue weighted by molar-refractivity contribution is -0.142. The summed E-state index contributed by atoms with van der Waals surface area (Å²) in [6.07, 6.45) is 0.238. The van der Waals surface area contributed by atoms with Gasteiger partial charge in [-0.15, -0.1) is 0 Å². The second-order valence-corrected chi connectivity index (χ2v) is 9.36. The molecular weight excluding hydrogens is 422 g/mol. The number of carboxylic acids is 1. The second-order valence-electron chi connectivity index (χ2n) is 6.90. The predicted molar refractivity (Wildman–Crippen MR) is 120 cm³/mol. The highest BCUT2D eigenvalue weighted by molar-refractivity contribution is 8.31. The van der Waals surface area contributed by atoms with E-state index >= 15 is 0 Å². The van der Waals surface area contributed by atoms with Crippen molar-refractivity contribution in [3.63, 3.8) is 0 Å². The Kier molecular flexibility index (Phi) is 9.14. The van der Waals surface area contributed by atoms with Gasteiger partial charge in [0.25, 0.3) is 0 Å². The summed E-state index contributed by atoms with van der Waals surface area (Å²) in [5.41, 5.74) is 0.787. The van der Waals surface area contributed by atoms with Crippen molar-refractivity contribution in [2.45, 2.75) is 30.9 Å². The molecule has 0 bridgehead atoms. The highest BCUT2D eigenvalue weighted by Crippen LogP contribution is 2.30. The molecule has 0 radical (unpaired) electrons. The maximum Gasteiger partial charge on any atom is 0.326 e. The van der Waals surface area contributed by atoms with Crippen LogP contribution in [0, 0.1) is 5.92 Å². The van der Waals surface area contributed by atoms with Crippen molar-refractivity contribution in [2.75, 3.05) is 0 Å². The fourth-order valence-corrected chi connectivity index (χ4v) is 4.54. The predicted octanol–water partition coefficient (Wildman–Crippen LogP) is 4.08. The molecule has 6 nitrogen and oxygen atoms in total. The molecule has 1 amide bonds. The molecule has 158 valence electrons. The van der Waals surface area contributed by atoms with Gasteiger partial charge in [-0.3, -0.25) is 14.4 Å². The van der Waals surface area contributed by atoms with Gasteiger partial charge in [0.2, 0.25) is 16.1 Å². The van der Waals surface area contributed by atoms with Gasteiger partial charge in [0, 0.05) is 11.1 Å². The van der Waals surface area contributed by atoms with Crippen LogP contribution in [0.1, 0.15) is 41.0 Å². The van der Waals surface area contributed by atoms with Crippen molar-refractivity contribution in [3.05, 3.63) is 71.8 Å². The van der Waals surface area contributed by atoms with Gasteiger partial charge in [-0.1, -0.05) is 98.0 Å². The first-order valence-corrected chi connectivity index (χ1v) is 11.1. The Labute approximate surface area is 183 Å². The molecule has 2 N–H and O–H groups in total. The molecule has 8 heteroatoms. The van der Waals surface area contributed by atoms with Crippen molar-refractivity contribution >= 4 is 45.6 Å². The molecule has 30 heavy (non-hydrogen) atoms. The van der Waals surface area contributed by atoms with Gasteiger partial charge in [-0.2, -0.15) is 0 Å². The quantitative estimate of drug-likeness (QED) is 0.561. The maximum absolute atomic E-state index is 12.9. The van der Waals surface area contributed by atoms with Crippen molar-refractivity contribution in [1.82, 2.24) is 5.32 Å². The highest BCUT2D eigenvalue weighted by Gasteiger charge is 2.31. The standard InChI is InChI=1S/C22H23NO5S2/c1-14(2)13-17(19(25)26)23-18(24)22(29-20(27)15-9-5-3-6-10-15)30-21(28)16-11-7-4-8-12-16/h3-12,14,17,22H,13H2,1-2H3,(H,23,24)(H,25,26). The Morgan fingerprint density at radius 3 is 1.63 bits per heavy atom. The van der Waals surface area contributed by atoms with Crippen LogP contribution >= 0.6 is 23.5 Å². The van der Waals surface area contributed by atoms with Crippen LogP contribution in [0.15, 0.2) is 60.7 Å². The fraction of sp³-hybridized carbons (Fsp3) is 0.273. The van der Waals surface area contributed by atoms with Crippen molar-refractivity contribution in [2.24, 2.45) is 5.92 Å². The Hall–Kier alpha value is -2.58. The van der Waals surface area contributed by atoms with Gasteiger partial charge < -0.3 is 10.4 Å². The number of hydrogen-bond donors (Lipinski definition) is 2. The molecule has 0 saturated carbocycles. The number of aliphatic carboxylic acids is 1. The third kappa shape index (κ3) is 7.35. The summed E-state index contributed by atoms with van der Waals surface area (Å²) in [6, 6.07) is 15.7. The maximum atomic E-state index is 12.9. The highest BCUT2D eigenvalue weighted by atomic mass is 32.2. The van der Waals surface area contributed by atoms with Gasteiger partial charge in [0.1, 0.15) is 10.6 Å². The zero-order valence-corrected chi connectivity index (χ0v) is 18.2. The number of carbonyl (C=O) groups is 4. The SMILES string of the molecule is CC(C)CC(NC(=O)C(SC(=O)c1ccccc1)SC(=O)c1ccccc1)C(=O)O. The molecule has 0 spiro atoms. The van der Waals surface area contributed by atoms with E-state index in [2.05, 4.69) is 5.32 Å². The van der Waals surface area contributed by atoms with Gasteiger partial charge in [-0.25, -0.2) is 4.79 Å². The first-order valence-electron chi connectivity index (χ1n) is 9.33. The molecule has 1 atom stereocenters. The number of amides is 1. The molecule has 2 rings (SSSR count). The molecule has 0 aliphatic rings. The van der Waals surface area contributed by atoms with Gasteiger partial charge in [-0.05, 0) is 12.3 Å². The van der Waals surface area contributed by atoms with Gasteiger partial charge in [0.15, 0.2) is 0 Å². The lowest BCUT2D eigenvalue weighted by atomic mass is 10.0. The van der Waals surface area contributed by atoms with Crippen LogP contribution in [0.2, 0.25) is 0 Å². The molecule has 0 fully saturated rings. The van der Waals surface area contributed by atoms with Crippen LogP contribution in [0.4, 0.5) is 0 Å². The Morgan fingerprint density at radius 1 is 0.833 bits per heavy atom. The van der Waals surface area contributed by atoms with E-state index in [4.69, 9.17) is 0 Å². The number of hydrogen-bond acceptors (Lipinski definition) is 6. The second kappa shape index (κ2) is 11.6. The third-order valence-electron chi connectivity index (χ3n) is 3.98. The number of nitrogens with one attached hydrogen (secondary N) is 1. The minimum atomic E-state index is -1.16. The number of carboxylic acid groups (broad SMARTS) is 1. The van der Waals surface area contributed by atoms with E-state index < -0.39 is 22.5 Å². The number of rotatable bonds is 9. The van der Waals surface area contributed by atoms with E-state index in [1.807, 2.05) is 13.8 Å². The Morgan fingerprint density at radius 2 is 1.27 bits per heavy atom. The van der Waals surface area contributed by atoms with E-state index in [0.717, 1.165) is 0 Å². The minimum absolute atomic E-state index is 0.0436. The lowest BCUT2D eigenvalue weighted by Gasteiger charge is -2.20. The minimum Gasteiger partial charge on any atom is -0.480 e. The first-order chi connectivity index (χ1) is 14.3. The molecular formula is C22H23NO5S2. The van der Waals surface area contributed by atoms with Crippen molar-refractivity contribution in [3.8, 4) is 0 Å². The smallest absolute Gasteiger partial charge is 0.326 e. The number of carbonyl (C=O) groups excluding carboxylic acids is 3. The summed E-state index contributed by atoms with van der Waals surface area (Å²) in [6.45, 7) is 3.70. The summed E-state index contributed by atoms with van der Waals surface area (Å²) in [5, 5.41) is 11.1. The molecule has 0 aliphatic carbocycles. The zero-order valence-electron chi connectivity index (χ0n) is 16.6. The third-order valence-corrected chi connectivity index (χ3v) is 6.32. The van der Waals surface area contributed by atoms with Gasteiger partial charge in [0.05, 0.1) is 0 Å². The molecule has 2 aromatic rings. The fourth-order valence-electron chi connectivity index (χ4n) is 2.54. The monoisotopic (exact) mass is 445 g/mol. The molecule has 0 aliphatic heterocycles. The van der Waals surface area contributed by atoms with Crippen LogP contribution in [-0.4, -0.2) is 37.8 Å². The summed E-state index contributed by atoms with van der Waals surface area (Å²) < 4.78 is -1.13. The van der Waals surface area contributed by atoms with Crippen LogP contribution in [0.25, 0.3) is 0 Å². The summed E-state index contributed by atoms with van der Waals surface area (Å²) >= 11 is 1.40. The van der Waals surface area contributed by atoms with E-state index in [0.29, 0.717) is 34.7 Å². The van der Waals surface area contributed by atoms with Crippen molar-refractivity contribution < 1.29 is 24.3 Å². The van der Waals surface area contributed by atoms with Crippen LogP contribution in [0.3, 0.4) is 0 Å². The molecule has 0 heterocycles. The number of benzene rings is 2. The summed E-state index contributed by atoms with van der Waals surface area (Å²) in [7, 11) is 0. The van der Waals surface area contributed by atoms with E-state index in [9.17, 15) is 24.3 Å². The van der Waals surface area contributed by atoms with Crippen LogP contribution in [0.5, 0.6) is 0 Å². The van der Waals surface area contributed by atoms with E-state index in [1.54, 1.807) is 60.7 Å². The van der Waals surface area contributed by atoms with Crippen LogP contribution in [-0.2, 0) is 9.59 Å². The molecule has 1 unspecified atom stereocenters. The Balaban J connectivity index is 2.20. The largest absolute Gasteiger partial charge is 0.480 e. The van der Waals surface area contributed by atoms with Gasteiger partial charge >= 0.3 is 5.97 Å².